The Bertz CT molecular complexity index is 1220. The van der Waals surface area contributed by atoms with Crippen LogP contribution in [0.3, 0.4) is 0 Å². The Balaban J connectivity index is 1.62. The maximum absolute atomic E-state index is 13.6. The van der Waals surface area contributed by atoms with Gasteiger partial charge in [0.15, 0.2) is 11.4 Å². The summed E-state index contributed by atoms with van der Waals surface area (Å²) in [5.41, 5.74) is -4.71. The number of rotatable bonds is 19. The van der Waals surface area contributed by atoms with Crippen molar-refractivity contribution >= 4 is 17.7 Å². The fourth-order valence-corrected chi connectivity index (χ4v) is 9.72. The van der Waals surface area contributed by atoms with Gasteiger partial charge in [0.1, 0.15) is 11.7 Å². The summed E-state index contributed by atoms with van der Waals surface area (Å²) in [6.07, 6.45) is 17.8. The first-order valence-corrected chi connectivity index (χ1v) is 19.2. The number of carbonyl (C=O) groups excluding carboxylic acids is 3. The second-order valence-corrected chi connectivity index (χ2v) is 16.1. The van der Waals surface area contributed by atoms with Gasteiger partial charge in [-0.05, 0) is 30.9 Å². The maximum atomic E-state index is 13.6. The van der Waals surface area contributed by atoms with Crippen LogP contribution in [0.2, 0.25) is 0 Å². The molecule has 8 nitrogen and oxygen atoms in total. The molecule has 0 aromatic heterocycles. The van der Waals surface area contributed by atoms with Crippen LogP contribution in [0.5, 0.6) is 0 Å². The Labute approximate surface area is 289 Å². The molecule has 0 radical (unpaired) electrons. The van der Waals surface area contributed by atoms with E-state index in [4.69, 9.17) is 9.47 Å². The van der Waals surface area contributed by atoms with Crippen LogP contribution in [0.25, 0.3) is 0 Å². The Morgan fingerprint density at radius 2 is 1.35 bits per heavy atom. The fourth-order valence-electron chi connectivity index (χ4n) is 9.72. The summed E-state index contributed by atoms with van der Waals surface area (Å²) in [5, 5.41) is 35.3. The van der Waals surface area contributed by atoms with Crippen molar-refractivity contribution in [1.29, 1.82) is 0 Å². The maximum Gasteiger partial charge on any atom is 0.306 e. The number of esters is 2. The predicted octanol–water partition coefficient (Wildman–Crippen LogP) is 7.31. The number of hydrogen-bond acceptors (Lipinski definition) is 8. The molecule has 3 N–H and O–H groups in total. The molecule has 4 aliphatic rings. The van der Waals surface area contributed by atoms with Crippen LogP contribution in [0.1, 0.15) is 151 Å². The van der Waals surface area contributed by atoms with E-state index in [1.54, 1.807) is 26.0 Å². The SMILES string of the molecule is CCCCCCCCCC(=O)O[C@@H]1[C@@H](C)[C@]2(O)[C@@H](C=C(CO)C[C@]3(O)C(=O)C(C)=C[C@@H]23)[C@@H]2C(C)(C)[C@@]12OC(=O)CCCCCCCCC. The molecule has 4 rings (SSSR count). The Morgan fingerprint density at radius 1 is 0.833 bits per heavy atom. The third kappa shape index (κ3) is 7.10. The second-order valence-electron chi connectivity index (χ2n) is 16.1. The molecule has 48 heavy (non-hydrogen) atoms. The number of unbranched alkanes of at least 4 members (excludes halogenated alkanes) is 12. The van der Waals surface area contributed by atoms with Gasteiger partial charge in [-0.3, -0.25) is 14.4 Å². The Kier molecular flexibility index (Phi) is 12.8. The zero-order chi connectivity index (χ0) is 35.3. The quantitative estimate of drug-likeness (QED) is 0.0740. The van der Waals surface area contributed by atoms with E-state index in [1.807, 2.05) is 13.8 Å². The van der Waals surface area contributed by atoms with Gasteiger partial charge in [0, 0.05) is 48.3 Å². The lowest BCUT2D eigenvalue weighted by Crippen LogP contribution is -2.66. The van der Waals surface area contributed by atoms with Crippen molar-refractivity contribution in [3.8, 4) is 0 Å². The van der Waals surface area contributed by atoms with E-state index in [-0.39, 0.29) is 31.8 Å². The van der Waals surface area contributed by atoms with Crippen LogP contribution in [0.4, 0.5) is 0 Å². The molecule has 272 valence electrons. The van der Waals surface area contributed by atoms with Gasteiger partial charge >= 0.3 is 11.9 Å². The van der Waals surface area contributed by atoms with E-state index in [0.29, 0.717) is 24.0 Å². The number of Topliss-reactive ketones (excluding diaryl/α,β-unsaturated/α-hetero) is 1. The van der Waals surface area contributed by atoms with Gasteiger partial charge in [-0.25, -0.2) is 0 Å². The van der Waals surface area contributed by atoms with Gasteiger partial charge in [-0.15, -0.1) is 0 Å². The highest BCUT2D eigenvalue weighted by molar-refractivity contribution is 6.04. The normalized spacial score (nSPS) is 34.7. The van der Waals surface area contributed by atoms with Crippen LogP contribution in [0.15, 0.2) is 23.3 Å². The zero-order valence-electron chi connectivity index (χ0n) is 30.7. The van der Waals surface area contributed by atoms with Crippen LogP contribution < -0.4 is 0 Å². The first kappa shape index (κ1) is 38.8. The largest absolute Gasteiger partial charge is 0.458 e. The molecule has 8 atom stereocenters. The Hall–Kier alpha value is -2.03. The standard InChI is InChI=1S/C40H64O8/c1-7-9-11-13-15-17-19-21-32(42)47-36-28(4)39(46)30(24-29(26-41)25-38(45)31(39)23-27(3)35(38)44)34-37(5,6)40(34,36)48-33(43)22-20-18-16-14-12-10-8-2/h23-24,28,30-31,34,36,41,45-46H,7-22,25-26H2,1-6H3/t28-,30+,31-,34-,36-,38-,39+,40+/m1/s1. The van der Waals surface area contributed by atoms with Crippen molar-refractivity contribution in [1.82, 2.24) is 0 Å². The average molecular weight is 673 g/mol. The summed E-state index contributed by atoms with van der Waals surface area (Å²) < 4.78 is 12.8. The highest BCUT2D eigenvalue weighted by atomic mass is 16.6. The van der Waals surface area contributed by atoms with E-state index >= 15 is 0 Å². The molecule has 2 fully saturated rings. The smallest absolute Gasteiger partial charge is 0.306 e. The summed E-state index contributed by atoms with van der Waals surface area (Å²) in [6.45, 7) is 11.4. The van der Waals surface area contributed by atoms with Crippen molar-refractivity contribution in [3.05, 3.63) is 23.3 Å². The highest BCUT2D eigenvalue weighted by Gasteiger charge is 2.87. The summed E-state index contributed by atoms with van der Waals surface area (Å²) >= 11 is 0. The van der Waals surface area contributed by atoms with Gasteiger partial charge in [-0.2, -0.15) is 0 Å². The highest BCUT2D eigenvalue weighted by Crippen LogP contribution is 2.77. The number of ketones is 1. The lowest BCUT2D eigenvalue weighted by atomic mass is 9.59. The first-order chi connectivity index (χ1) is 22.8. The van der Waals surface area contributed by atoms with Gasteiger partial charge in [0.25, 0.3) is 0 Å². The zero-order valence-corrected chi connectivity index (χ0v) is 30.7. The molecule has 0 aromatic carbocycles. The van der Waals surface area contributed by atoms with Crippen LogP contribution in [-0.4, -0.2) is 62.6 Å². The summed E-state index contributed by atoms with van der Waals surface area (Å²) in [7, 11) is 0. The minimum Gasteiger partial charge on any atom is -0.458 e. The van der Waals surface area contributed by atoms with Crippen molar-refractivity contribution in [3.63, 3.8) is 0 Å². The lowest BCUT2D eigenvalue weighted by molar-refractivity contribution is -0.229. The predicted molar refractivity (Wildman–Crippen MR) is 186 cm³/mol. The van der Waals surface area contributed by atoms with Crippen molar-refractivity contribution in [2.24, 2.45) is 29.1 Å². The van der Waals surface area contributed by atoms with E-state index < -0.39 is 63.7 Å². The lowest BCUT2D eigenvalue weighted by Gasteiger charge is -2.53. The molecule has 0 saturated heterocycles. The Morgan fingerprint density at radius 3 is 1.90 bits per heavy atom. The van der Waals surface area contributed by atoms with Crippen LogP contribution >= 0.6 is 0 Å². The number of ether oxygens (including phenoxy) is 2. The molecule has 0 amide bonds. The minimum absolute atomic E-state index is 0.104. The molecule has 8 heteroatoms. The monoisotopic (exact) mass is 672 g/mol. The molecule has 0 bridgehead atoms. The molecule has 0 spiro atoms. The number of aliphatic hydroxyl groups is 3. The molecule has 2 saturated carbocycles. The molecule has 0 aromatic rings. The number of carbonyl (C=O) groups is 3. The summed E-state index contributed by atoms with van der Waals surface area (Å²) in [4.78, 5) is 40.6. The average Bonchev–Trinajstić information content (AvgIpc) is 3.47. The number of aliphatic hydroxyl groups excluding tert-OH is 1. The molecular formula is C40H64O8. The van der Waals surface area contributed by atoms with Crippen molar-refractivity contribution < 1.29 is 39.2 Å². The summed E-state index contributed by atoms with van der Waals surface area (Å²) in [5.74, 6) is -4.11. The van der Waals surface area contributed by atoms with Crippen molar-refractivity contribution in [2.75, 3.05) is 6.61 Å². The van der Waals surface area contributed by atoms with Gasteiger partial charge < -0.3 is 24.8 Å². The molecule has 0 heterocycles. The van der Waals surface area contributed by atoms with E-state index in [2.05, 4.69) is 13.8 Å². The van der Waals surface area contributed by atoms with E-state index in [0.717, 1.165) is 38.5 Å². The molecule has 0 unspecified atom stereocenters. The van der Waals surface area contributed by atoms with Gasteiger partial charge in [-0.1, -0.05) is 124 Å². The minimum atomic E-state index is -1.93. The van der Waals surface area contributed by atoms with Crippen LogP contribution in [0, 0.1) is 29.1 Å². The van der Waals surface area contributed by atoms with E-state index in [1.165, 1.54) is 38.5 Å². The summed E-state index contributed by atoms with van der Waals surface area (Å²) in [6, 6.07) is 0. The fraction of sp³-hybridized carbons (Fsp3) is 0.825. The molecular weight excluding hydrogens is 608 g/mol. The number of fused-ring (bicyclic) bond motifs is 5. The van der Waals surface area contributed by atoms with Crippen molar-refractivity contribution in [2.45, 2.75) is 174 Å². The molecule has 4 aliphatic carbocycles. The van der Waals surface area contributed by atoms with Crippen LogP contribution in [-0.2, 0) is 23.9 Å². The third-order valence-electron chi connectivity index (χ3n) is 12.5. The van der Waals surface area contributed by atoms with E-state index in [9.17, 15) is 29.7 Å². The molecule has 0 aliphatic heterocycles. The first-order valence-electron chi connectivity index (χ1n) is 19.2. The van der Waals surface area contributed by atoms with Gasteiger partial charge in [0.2, 0.25) is 0 Å². The van der Waals surface area contributed by atoms with Gasteiger partial charge in [0.05, 0.1) is 12.2 Å². The third-order valence-corrected chi connectivity index (χ3v) is 12.5. The second kappa shape index (κ2) is 15.9. The topological polar surface area (TPSA) is 130 Å². The number of hydrogen-bond donors (Lipinski definition) is 3.